The van der Waals surface area contributed by atoms with Crippen LogP contribution in [0.15, 0.2) is 30.7 Å². The molecular weight excluding hydrogens is 359 g/mol. The molecule has 3 N–H and O–H groups in total. The van der Waals surface area contributed by atoms with Gasteiger partial charge in [0.05, 0.1) is 23.9 Å². The largest absolute Gasteiger partial charge is 0.394 e. The number of halogens is 2. The highest BCUT2D eigenvalue weighted by atomic mass is 35.5. The number of benzene rings is 1. The number of fused-ring (bicyclic) bond motifs is 1. The van der Waals surface area contributed by atoms with Crippen LogP contribution in [0.2, 0.25) is 5.02 Å². The van der Waals surface area contributed by atoms with Crippen molar-refractivity contribution in [1.29, 1.82) is 0 Å². The zero-order valence-electron chi connectivity index (χ0n) is 14.2. The van der Waals surface area contributed by atoms with Gasteiger partial charge in [-0.25, -0.2) is 24.3 Å². The summed E-state index contributed by atoms with van der Waals surface area (Å²) in [6.45, 7) is 3.94. The van der Waals surface area contributed by atoms with Crippen LogP contribution in [0.3, 0.4) is 0 Å². The summed E-state index contributed by atoms with van der Waals surface area (Å²) in [7, 11) is 0. The van der Waals surface area contributed by atoms with Crippen molar-refractivity contribution >= 4 is 40.1 Å². The monoisotopic (exact) mass is 376 g/mol. The minimum Gasteiger partial charge on any atom is -0.394 e. The summed E-state index contributed by atoms with van der Waals surface area (Å²) in [5, 5.41) is 15.6. The zero-order valence-corrected chi connectivity index (χ0v) is 15.0. The SMILES string of the molecule is CC(C)C(CO)Nc1ncc2ncnc(Nc3ccc(F)c(Cl)c3)c2n1. The average molecular weight is 377 g/mol. The van der Waals surface area contributed by atoms with Crippen LogP contribution in [0, 0.1) is 11.7 Å². The van der Waals surface area contributed by atoms with Crippen molar-refractivity contribution in [3.05, 3.63) is 41.6 Å². The Morgan fingerprint density at radius 3 is 2.73 bits per heavy atom. The van der Waals surface area contributed by atoms with E-state index < -0.39 is 5.82 Å². The third kappa shape index (κ3) is 3.97. The first kappa shape index (κ1) is 18.2. The van der Waals surface area contributed by atoms with E-state index in [0.717, 1.165) is 0 Å². The summed E-state index contributed by atoms with van der Waals surface area (Å²) in [5.41, 5.74) is 1.61. The lowest BCUT2D eigenvalue weighted by Gasteiger charge is -2.19. The van der Waals surface area contributed by atoms with Crippen LogP contribution >= 0.6 is 11.6 Å². The average Bonchev–Trinajstić information content (AvgIpc) is 2.63. The molecule has 2 aromatic heterocycles. The Balaban J connectivity index is 1.94. The summed E-state index contributed by atoms with van der Waals surface area (Å²) in [4.78, 5) is 17.0. The van der Waals surface area contributed by atoms with Crippen LogP contribution in [0.25, 0.3) is 11.0 Å². The number of hydrogen-bond donors (Lipinski definition) is 3. The lowest BCUT2D eigenvalue weighted by molar-refractivity contribution is 0.248. The fourth-order valence-electron chi connectivity index (χ4n) is 2.31. The molecule has 3 aromatic rings. The molecule has 0 aliphatic rings. The van der Waals surface area contributed by atoms with Crippen LogP contribution in [-0.2, 0) is 0 Å². The van der Waals surface area contributed by atoms with Crippen molar-refractivity contribution < 1.29 is 9.50 Å². The number of aromatic nitrogens is 4. The van der Waals surface area contributed by atoms with Gasteiger partial charge in [-0.3, -0.25) is 0 Å². The molecule has 0 aliphatic heterocycles. The molecule has 9 heteroatoms. The normalized spacial score (nSPS) is 12.4. The molecule has 136 valence electrons. The van der Waals surface area contributed by atoms with E-state index in [4.69, 9.17) is 11.6 Å². The zero-order chi connectivity index (χ0) is 18.7. The van der Waals surface area contributed by atoms with Crippen LogP contribution < -0.4 is 10.6 Å². The van der Waals surface area contributed by atoms with E-state index in [1.54, 1.807) is 12.3 Å². The Morgan fingerprint density at radius 2 is 2.04 bits per heavy atom. The third-order valence-electron chi connectivity index (χ3n) is 3.88. The van der Waals surface area contributed by atoms with Gasteiger partial charge in [0.25, 0.3) is 0 Å². The predicted molar refractivity (Wildman–Crippen MR) is 99.2 cm³/mol. The Labute approximate surface area is 154 Å². The standard InChI is InChI=1S/C17H18ClFN6O/c1-9(2)14(7-26)24-17-20-6-13-15(25-17)16(22-8-21-13)23-10-3-4-12(19)11(18)5-10/h3-6,8-9,14,26H,7H2,1-2H3,(H,20,24,25)(H,21,22,23). The molecule has 0 spiro atoms. The van der Waals surface area contributed by atoms with Gasteiger partial charge in [-0.2, -0.15) is 0 Å². The molecule has 0 amide bonds. The second-order valence-electron chi connectivity index (χ2n) is 6.08. The molecule has 26 heavy (non-hydrogen) atoms. The molecule has 0 radical (unpaired) electrons. The van der Waals surface area contributed by atoms with Crippen LogP contribution in [0.1, 0.15) is 13.8 Å². The van der Waals surface area contributed by atoms with E-state index in [1.807, 2.05) is 13.8 Å². The fraction of sp³-hybridized carbons (Fsp3) is 0.294. The second-order valence-corrected chi connectivity index (χ2v) is 6.49. The van der Waals surface area contributed by atoms with E-state index in [-0.39, 0.29) is 23.6 Å². The van der Waals surface area contributed by atoms with Gasteiger partial charge in [-0.05, 0) is 24.1 Å². The minimum absolute atomic E-state index is 0.00747. The third-order valence-corrected chi connectivity index (χ3v) is 4.17. The topological polar surface area (TPSA) is 95.9 Å². The second kappa shape index (κ2) is 7.76. The molecule has 0 bridgehead atoms. The predicted octanol–water partition coefficient (Wildman–Crippen LogP) is 3.38. The van der Waals surface area contributed by atoms with Gasteiger partial charge in [0.1, 0.15) is 23.2 Å². The highest BCUT2D eigenvalue weighted by Gasteiger charge is 2.15. The summed E-state index contributed by atoms with van der Waals surface area (Å²) >= 11 is 5.82. The number of aliphatic hydroxyl groups is 1. The first-order valence-corrected chi connectivity index (χ1v) is 8.43. The van der Waals surface area contributed by atoms with Crippen molar-refractivity contribution in [2.45, 2.75) is 19.9 Å². The van der Waals surface area contributed by atoms with Crippen molar-refractivity contribution in [1.82, 2.24) is 19.9 Å². The molecule has 3 rings (SSSR count). The lowest BCUT2D eigenvalue weighted by Crippen LogP contribution is -2.30. The Morgan fingerprint density at radius 1 is 1.23 bits per heavy atom. The number of hydrogen-bond acceptors (Lipinski definition) is 7. The van der Waals surface area contributed by atoms with E-state index >= 15 is 0 Å². The maximum Gasteiger partial charge on any atom is 0.223 e. The quantitative estimate of drug-likeness (QED) is 0.606. The van der Waals surface area contributed by atoms with Crippen molar-refractivity contribution in [3.8, 4) is 0 Å². The summed E-state index contributed by atoms with van der Waals surface area (Å²) in [5.74, 6) is 0.501. The van der Waals surface area contributed by atoms with Gasteiger partial charge in [-0.1, -0.05) is 25.4 Å². The van der Waals surface area contributed by atoms with Crippen molar-refractivity contribution in [2.75, 3.05) is 17.2 Å². The van der Waals surface area contributed by atoms with Crippen molar-refractivity contribution in [3.63, 3.8) is 0 Å². The number of nitrogens with one attached hydrogen (secondary N) is 2. The van der Waals surface area contributed by atoms with Gasteiger partial charge < -0.3 is 15.7 Å². The van der Waals surface area contributed by atoms with Crippen LogP contribution in [0.5, 0.6) is 0 Å². The van der Waals surface area contributed by atoms with Gasteiger partial charge >= 0.3 is 0 Å². The highest BCUT2D eigenvalue weighted by Crippen LogP contribution is 2.25. The minimum atomic E-state index is -0.498. The molecule has 1 aromatic carbocycles. The maximum absolute atomic E-state index is 13.3. The van der Waals surface area contributed by atoms with Gasteiger partial charge in [-0.15, -0.1) is 0 Å². The Bertz CT molecular complexity index is 923. The Hall–Kier alpha value is -2.58. The first-order valence-electron chi connectivity index (χ1n) is 8.05. The van der Waals surface area contributed by atoms with E-state index in [0.29, 0.717) is 28.5 Å². The summed E-state index contributed by atoms with van der Waals surface area (Å²) in [6, 6.07) is 4.11. The van der Waals surface area contributed by atoms with Crippen molar-refractivity contribution in [2.24, 2.45) is 5.92 Å². The van der Waals surface area contributed by atoms with E-state index in [2.05, 4.69) is 30.6 Å². The van der Waals surface area contributed by atoms with E-state index in [1.165, 1.54) is 18.5 Å². The first-order chi connectivity index (χ1) is 12.5. The van der Waals surface area contributed by atoms with Gasteiger partial charge in [0.15, 0.2) is 5.82 Å². The molecule has 1 atom stereocenters. The smallest absolute Gasteiger partial charge is 0.223 e. The molecule has 0 fully saturated rings. The molecule has 7 nitrogen and oxygen atoms in total. The molecule has 1 unspecified atom stereocenters. The molecule has 2 heterocycles. The van der Waals surface area contributed by atoms with Gasteiger partial charge in [0, 0.05) is 5.69 Å². The molecule has 0 aliphatic carbocycles. The van der Waals surface area contributed by atoms with E-state index in [9.17, 15) is 9.50 Å². The Kier molecular flexibility index (Phi) is 5.43. The number of nitrogens with zero attached hydrogens (tertiary/aromatic N) is 4. The lowest BCUT2D eigenvalue weighted by atomic mass is 10.1. The summed E-state index contributed by atoms with van der Waals surface area (Å²) < 4.78 is 13.3. The van der Waals surface area contributed by atoms with Gasteiger partial charge in [0.2, 0.25) is 5.95 Å². The van der Waals surface area contributed by atoms with Crippen LogP contribution in [-0.4, -0.2) is 37.7 Å². The number of anilines is 3. The number of aliphatic hydroxyl groups excluding tert-OH is 1. The molecule has 0 saturated heterocycles. The molecule has 0 saturated carbocycles. The maximum atomic E-state index is 13.3. The molecular formula is C17H18ClFN6O. The number of rotatable bonds is 6. The summed E-state index contributed by atoms with van der Waals surface area (Å²) in [6.07, 6.45) is 2.96. The van der Waals surface area contributed by atoms with Crippen LogP contribution in [0.4, 0.5) is 21.8 Å². The highest BCUT2D eigenvalue weighted by molar-refractivity contribution is 6.31. The fourth-order valence-corrected chi connectivity index (χ4v) is 2.50.